The molecule has 0 aromatic carbocycles. The molecule has 6 saturated carbocycles. The standard InChI is InChI=1S/2C10H16.2C5H8.6C2H6/c2*1-3-7-8(4-1)10-6-2-5-9(7)10;2*1-2-4-5-3-1;6*1-2/h2*7-10H,1-6H2;2*1-2H,3-5H2;6*1-2H3. The van der Waals surface area contributed by atoms with E-state index in [1.807, 2.05) is 83.1 Å². The minimum absolute atomic E-state index is 1.22. The Morgan fingerprint density at radius 2 is 0.381 bits per heavy atom. The highest BCUT2D eigenvalue weighted by molar-refractivity contribution is 5.03. The van der Waals surface area contributed by atoms with Crippen LogP contribution in [0.1, 0.15) is 199 Å². The predicted octanol–water partition coefficient (Wildman–Crippen LogP) is 15.3. The van der Waals surface area contributed by atoms with E-state index in [1.54, 1.807) is 77.0 Å². The zero-order valence-corrected chi connectivity index (χ0v) is 31.7. The molecule has 0 saturated heterocycles. The lowest BCUT2D eigenvalue weighted by molar-refractivity contribution is 0.0302. The molecular formula is C42H84. The van der Waals surface area contributed by atoms with E-state index in [0.29, 0.717) is 0 Å². The third-order valence-corrected chi connectivity index (χ3v) is 10.5. The van der Waals surface area contributed by atoms with Gasteiger partial charge in [-0.1, -0.05) is 133 Å². The van der Waals surface area contributed by atoms with Crippen molar-refractivity contribution in [2.45, 2.75) is 199 Å². The Hall–Kier alpha value is -0.520. The largest absolute Gasteiger partial charge is 0.0885 e. The van der Waals surface area contributed by atoms with Crippen LogP contribution in [0.25, 0.3) is 0 Å². The van der Waals surface area contributed by atoms with Crippen molar-refractivity contribution in [3.8, 4) is 0 Å². The molecule has 8 aliphatic rings. The Labute approximate surface area is 269 Å². The monoisotopic (exact) mass is 589 g/mol. The molecule has 0 aromatic heterocycles. The highest BCUT2D eigenvalue weighted by Gasteiger charge is 2.54. The lowest BCUT2D eigenvalue weighted by atomic mass is 9.60. The van der Waals surface area contributed by atoms with Crippen LogP contribution >= 0.6 is 0 Å². The van der Waals surface area contributed by atoms with Crippen molar-refractivity contribution in [1.29, 1.82) is 0 Å². The van der Waals surface area contributed by atoms with Crippen molar-refractivity contribution in [2.24, 2.45) is 47.3 Å². The molecule has 6 fully saturated rings. The molecular weight excluding hydrogens is 504 g/mol. The minimum atomic E-state index is 1.22. The first-order chi connectivity index (χ1) is 20.9. The van der Waals surface area contributed by atoms with Gasteiger partial charge < -0.3 is 0 Å². The summed E-state index contributed by atoms with van der Waals surface area (Å²) >= 11 is 0. The molecule has 0 aromatic rings. The summed E-state index contributed by atoms with van der Waals surface area (Å²) in [5, 5.41) is 0. The topological polar surface area (TPSA) is 0 Å². The first-order valence-corrected chi connectivity index (χ1v) is 20.2. The van der Waals surface area contributed by atoms with E-state index in [9.17, 15) is 0 Å². The molecule has 0 nitrogen and oxygen atoms in total. The van der Waals surface area contributed by atoms with Gasteiger partial charge >= 0.3 is 0 Å². The Morgan fingerprint density at radius 3 is 0.476 bits per heavy atom. The second kappa shape index (κ2) is 30.5. The van der Waals surface area contributed by atoms with Crippen molar-refractivity contribution in [2.75, 3.05) is 0 Å². The second-order valence-electron chi connectivity index (χ2n) is 11.8. The molecule has 8 aliphatic carbocycles. The normalized spacial score (nSPS) is 33.2. The molecule has 0 heterocycles. The lowest BCUT2D eigenvalue weighted by Crippen LogP contribution is -2.39. The molecule has 0 heteroatoms. The fraction of sp³-hybridized carbons (Fsp3) is 0.905. The van der Waals surface area contributed by atoms with Crippen LogP contribution in [0.15, 0.2) is 24.3 Å². The quantitative estimate of drug-likeness (QED) is 0.247. The van der Waals surface area contributed by atoms with Gasteiger partial charge in [-0.2, -0.15) is 0 Å². The summed E-state index contributed by atoms with van der Waals surface area (Å²) in [6.07, 6.45) is 35.9. The zero-order valence-electron chi connectivity index (χ0n) is 31.7. The van der Waals surface area contributed by atoms with Gasteiger partial charge in [-0.25, -0.2) is 0 Å². The number of hydrogen-bond donors (Lipinski definition) is 0. The summed E-state index contributed by atoms with van der Waals surface area (Å²) < 4.78 is 0. The third-order valence-electron chi connectivity index (χ3n) is 10.5. The fourth-order valence-electron chi connectivity index (χ4n) is 9.21. The smallest absolute Gasteiger partial charge is 0.0348 e. The molecule has 0 amide bonds. The maximum atomic E-state index is 2.24. The summed E-state index contributed by atoms with van der Waals surface area (Å²) in [6.45, 7) is 24.0. The zero-order chi connectivity index (χ0) is 32.2. The highest BCUT2D eigenvalue weighted by Crippen LogP contribution is 2.62. The van der Waals surface area contributed by atoms with Crippen LogP contribution in [0.4, 0.5) is 0 Å². The number of hydrogen-bond acceptors (Lipinski definition) is 0. The van der Waals surface area contributed by atoms with Gasteiger partial charge in [-0.3, -0.25) is 0 Å². The summed E-state index contributed by atoms with van der Waals surface area (Å²) in [5.74, 6) is 9.72. The second-order valence-corrected chi connectivity index (χ2v) is 11.8. The van der Waals surface area contributed by atoms with Gasteiger partial charge in [0.1, 0.15) is 0 Å². The van der Waals surface area contributed by atoms with Crippen molar-refractivity contribution in [3.05, 3.63) is 24.3 Å². The van der Waals surface area contributed by atoms with Crippen molar-refractivity contribution >= 4 is 0 Å². The number of fused-ring (bicyclic) bond motifs is 8. The van der Waals surface area contributed by atoms with Gasteiger partial charge in [-0.05, 0) is 137 Å². The number of rotatable bonds is 0. The molecule has 0 spiro atoms. The van der Waals surface area contributed by atoms with Gasteiger partial charge in [-0.15, -0.1) is 0 Å². The van der Waals surface area contributed by atoms with Crippen molar-refractivity contribution in [1.82, 2.24) is 0 Å². The lowest BCUT2D eigenvalue weighted by Gasteiger charge is -2.45. The Morgan fingerprint density at radius 1 is 0.238 bits per heavy atom. The minimum Gasteiger partial charge on any atom is -0.0885 e. The molecule has 42 heavy (non-hydrogen) atoms. The Balaban J connectivity index is 0. The van der Waals surface area contributed by atoms with Gasteiger partial charge in [0, 0.05) is 0 Å². The van der Waals surface area contributed by atoms with Crippen LogP contribution in [0.2, 0.25) is 0 Å². The van der Waals surface area contributed by atoms with E-state index < -0.39 is 0 Å². The van der Waals surface area contributed by atoms with E-state index in [4.69, 9.17) is 0 Å². The van der Waals surface area contributed by atoms with Gasteiger partial charge in [0.25, 0.3) is 0 Å². The molecule has 0 unspecified atom stereocenters. The molecule has 0 N–H and O–H groups in total. The summed E-state index contributed by atoms with van der Waals surface area (Å²) in [7, 11) is 0. The van der Waals surface area contributed by atoms with Crippen molar-refractivity contribution < 1.29 is 0 Å². The maximum absolute atomic E-state index is 2.24. The Kier molecular flexibility index (Phi) is 31.7. The first kappa shape index (κ1) is 43.6. The third kappa shape index (κ3) is 13.6. The molecule has 0 atom stereocenters. The molecule has 0 aliphatic heterocycles. The van der Waals surface area contributed by atoms with Crippen LogP contribution in [0.5, 0.6) is 0 Å². The van der Waals surface area contributed by atoms with Crippen LogP contribution in [-0.2, 0) is 0 Å². The number of allylic oxidation sites excluding steroid dienone is 4. The van der Waals surface area contributed by atoms with Crippen LogP contribution in [0.3, 0.4) is 0 Å². The molecule has 0 radical (unpaired) electrons. The summed E-state index contributed by atoms with van der Waals surface area (Å²) in [4.78, 5) is 0. The van der Waals surface area contributed by atoms with Crippen molar-refractivity contribution in [3.63, 3.8) is 0 Å². The van der Waals surface area contributed by atoms with Gasteiger partial charge in [0.2, 0.25) is 0 Å². The Bertz CT molecular complexity index is 437. The SMILES string of the molecule is C1=CCCC1.C1=CCCC1.C1CC2C(C1)C1CCCC21.C1CC2C(C1)C1CCCC21.CC.CC.CC.CC.CC.CC. The van der Waals surface area contributed by atoms with E-state index in [2.05, 4.69) is 24.3 Å². The average molecular weight is 589 g/mol. The van der Waals surface area contributed by atoms with Crippen LogP contribution in [-0.4, -0.2) is 0 Å². The maximum Gasteiger partial charge on any atom is -0.0348 e. The van der Waals surface area contributed by atoms with Crippen LogP contribution in [0, 0.1) is 47.3 Å². The predicted molar refractivity (Wildman–Crippen MR) is 197 cm³/mol. The van der Waals surface area contributed by atoms with Gasteiger partial charge in [0.15, 0.2) is 0 Å². The summed E-state index contributed by atoms with van der Waals surface area (Å²) in [6, 6.07) is 0. The molecule has 8 rings (SSSR count). The highest BCUT2D eigenvalue weighted by atomic mass is 14.6. The molecule has 0 bridgehead atoms. The fourth-order valence-corrected chi connectivity index (χ4v) is 9.21. The molecule has 252 valence electrons. The first-order valence-electron chi connectivity index (χ1n) is 20.2. The van der Waals surface area contributed by atoms with E-state index >= 15 is 0 Å². The van der Waals surface area contributed by atoms with Crippen LogP contribution < -0.4 is 0 Å². The van der Waals surface area contributed by atoms with E-state index in [0.717, 1.165) is 0 Å². The van der Waals surface area contributed by atoms with E-state index in [1.165, 1.54) is 85.9 Å². The average Bonchev–Trinajstić information content (AvgIpc) is 3.92. The summed E-state index contributed by atoms with van der Waals surface area (Å²) in [5.41, 5.74) is 0. The van der Waals surface area contributed by atoms with Gasteiger partial charge in [0.05, 0.1) is 0 Å². The van der Waals surface area contributed by atoms with E-state index in [-0.39, 0.29) is 0 Å².